The second-order valence-corrected chi connectivity index (χ2v) is 6.59. The second-order valence-electron chi connectivity index (χ2n) is 3.90. The molecule has 0 unspecified atom stereocenters. The van der Waals surface area contributed by atoms with Crippen molar-refractivity contribution in [1.82, 2.24) is 9.97 Å². The van der Waals surface area contributed by atoms with Crippen LogP contribution in [0.2, 0.25) is 4.34 Å². The zero-order chi connectivity index (χ0) is 12.5. The Morgan fingerprint density at radius 2 is 2.17 bits per heavy atom. The predicted octanol–water partition coefficient (Wildman–Crippen LogP) is 4.04. The molecule has 92 valence electrons. The highest BCUT2D eigenvalue weighted by atomic mass is 35.5. The average molecular weight is 296 g/mol. The van der Waals surface area contributed by atoms with E-state index in [1.807, 2.05) is 18.5 Å². The van der Waals surface area contributed by atoms with E-state index in [0.717, 1.165) is 26.9 Å². The largest absolute Gasteiger partial charge is 0.354 e. The molecule has 3 rings (SSSR count). The Hall–Kier alpha value is -1.17. The highest BCUT2D eigenvalue weighted by Crippen LogP contribution is 2.28. The Labute approximate surface area is 118 Å². The van der Waals surface area contributed by atoms with Crippen molar-refractivity contribution in [3.05, 3.63) is 39.1 Å². The molecular formula is C12H10ClN3S2. The van der Waals surface area contributed by atoms with Crippen molar-refractivity contribution < 1.29 is 0 Å². The predicted molar refractivity (Wildman–Crippen MR) is 78.9 cm³/mol. The summed E-state index contributed by atoms with van der Waals surface area (Å²) in [6.07, 6.45) is 1.62. The highest BCUT2D eigenvalue weighted by molar-refractivity contribution is 7.17. The molecule has 3 heterocycles. The van der Waals surface area contributed by atoms with Crippen molar-refractivity contribution in [2.45, 2.75) is 6.54 Å². The van der Waals surface area contributed by atoms with Crippen LogP contribution in [0.25, 0.3) is 10.2 Å². The molecule has 6 heteroatoms. The average Bonchev–Trinajstić information content (AvgIpc) is 2.97. The number of anilines is 1. The number of hydrogen-bond donors (Lipinski definition) is 0. The van der Waals surface area contributed by atoms with Crippen LogP contribution < -0.4 is 4.90 Å². The summed E-state index contributed by atoms with van der Waals surface area (Å²) in [5.41, 5.74) is 0. The zero-order valence-corrected chi connectivity index (χ0v) is 12.0. The van der Waals surface area contributed by atoms with E-state index >= 15 is 0 Å². The molecule has 0 spiro atoms. The van der Waals surface area contributed by atoms with Crippen molar-refractivity contribution in [1.29, 1.82) is 0 Å². The van der Waals surface area contributed by atoms with E-state index in [1.54, 1.807) is 29.0 Å². The molecule has 0 N–H and O–H groups in total. The van der Waals surface area contributed by atoms with Crippen molar-refractivity contribution in [2.75, 3.05) is 11.9 Å². The zero-order valence-electron chi connectivity index (χ0n) is 9.63. The summed E-state index contributed by atoms with van der Waals surface area (Å²) >= 11 is 9.18. The van der Waals surface area contributed by atoms with E-state index in [-0.39, 0.29) is 0 Å². The summed E-state index contributed by atoms with van der Waals surface area (Å²) in [5.74, 6) is 0.964. The Bertz CT molecular complexity index is 677. The lowest BCUT2D eigenvalue weighted by atomic mass is 10.3. The third-order valence-electron chi connectivity index (χ3n) is 2.62. The fourth-order valence-electron chi connectivity index (χ4n) is 1.83. The number of fused-ring (bicyclic) bond motifs is 1. The third kappa shape index (κ3) is 2.21. The topological polar surface area (TPSA) is 29.0 Å². The quantitative estimate of drug-likeness (QED) is 0.730. The van der Waals surface area contributed by atoms with Gasteiger partial charge < -0.3 is 4.90 Å². The molecular weight excluding hydrogens is 286 g/mol. The molecule has 0 atom stereocenters. The van der Waals surface area contributed by atoms with Crippen LogP contribution in [0, 0.1) is 0 Å². The molecule has 0 aliphatic carbocycles. The van der Waals surface area contributed by atoms with Gasteiger partial charge in [0.2, 0.25) is 0 Å². The number of halogens is 1. The van der Waals surface area contributed by atoms with Gasteiger partial charge in [0.25, 0.3) is 0 Å². The molecule has 0 bridgehead atoms. The molecule has 0 fully saturated rings. The van der Waals surface area contributed by atoms with Crippen LogP contribution in [0.4, 0.5) is 5.82 Å². The van der Waals surface area contributed by atoms with Crippen LogP contribution >= 0.6 is 34.3 Å². The monoisotopic (exact) mass is 295 g/mol. The summed E-state index contributed by atoms with van der Waals surface area (Å²) in [6.45, 7) is 0.805. The van der Waals surface area contributed by atoms with Gasteiger partial charge in [-0.2, -0.15) is 0 Å². The van der Waals surface area contributed by atoms with E-state index in [0.29, 0.717) is 0 Å². The first-order valence-electron chi connectivity index (χ1n) is 5.37. The minimum Gasteiger partial charge on any atom is -0.354 e. The molecule has 0 saturated heterocycles. The minimum atomic E-state index is 0.805. The van der Waals surface area contributed by atoms with Gasteiger partial charge in [-0.15, -0.1) is 22.7 Å². The van der Waals surface area contributed by atoms with Crippen LogP contribution in [-0.4, -0.2) is 17.0 Å². The lowest BCUT2D eigenvalue weighted by Gasteiger charge is -2.17. The van der Waals surface area contributed by atoms with Gasteiger partial charge >= 0.3 is 0 Å². The lowest BCUT2D eigenvalue weighted by molar-refractivity contribution is 0.915. The SMILES string of the molecule is CN(Cc1ccc(Cl)s1)c1ncnc2sccc12. The highest BCUT2D eigenvalue weighted by Gasteiger charge is 2.10. The molecule has 0 aromatic carbocycles. The van der Waals surface area contributed by atoms with Gasteiger partial charge in [0, 0.05) is 11.9 Å². The molecule has 0 aliphatic heterocycles. The number of nitrogens with zero attached hydrogens (tertiary/aromatic N) is 3. The minimum absolute atomic E-state index is 0.805. The van der Waals surface area contributed by atoms with E-state index in [4.69, 9.17) is 11.6 Å². The van der Waals surface area contributed by atoms with Gasteiger partial charge in [-0.25, -0.2) is 9.97 Å². The Kier molecular flexibility index (Phi) is 3.20. The van der Waals surface area contributed by atoms with E-state index in [2.05, 4.69) is 27.0 Å². The first-order chi connectivity index (χ1) is 8.74. The fraction of sp³-hybridized carbons (Fsp3) is 0.167. The summed E-state index contributed by atoms with van der Waals surface area (Å²) in [7, 11) is 2.03. The van der Waals surface area contributed by atoms with Gasteiger partial charge in [-0.1, -0.05) is 11.6 Å². The molecule has 3 aromatic heterocycles. The maximum Gasteiger partial charge on any atom is 0.140 e. The first kappa shape index (κ1) is 11.9. The maximum absolute atomic E-state index is 5.94. The van der Waals surface area contributed by atoms with Crippen molar-refractivity contribution in [3.63, 3.8) is 0 Å². The smallest absolute Gasteiger partial charge is 0.140 e. The van der Waals surface area contributed by atoms with Gasteiger partial charge in [0.1, 0.15) is 17.0 Å². The van der Waals surface area contributed by atoms with Gasteiger partial charge in [-0.3, -0.25) is 0 Å². The molecule has 18 heavy (non-hydrogen) atoms. The van der Waals surface area contributed by atoms with Crippen LogP contribution in [0.1, 0.15) is 4.88 Å². The Morgan fingerprint density at radius 3 is 2.94 bits per heavy atom. The Balaban J connectivity index is 1.92. The van der Waals surface area contributed by atoms with Gasteiger partial charge in [0.15, 0.2) is 0 Å². The van der Waals surface area contributed by atoms with Crippen LogP contribution in [0.5, 0.6) is 0 Å². The van der Waals surface area contributed by atoms with Gasteiger partial charge in [-0.05, 0) is 23.6 Å². The molecule has 0 amide bonds. The third-order valence-corrected chi connectivity index (χ3v) is 4.66. The van der Waals surface area contributed by atoms with E-state index in [9.17, 15) is 0 Å². The fourth-order valence-corrected chi connectivity index (χ4v) is 3.69. The van der Waals surface area contributed by atoms with E-state index in [1.165, 1.54) is 4.88 Å². The van der Waals surface area contributed by atoms with Crippen molar-refractivity contribution in [2.24, 2.45) is 0 Å². The number of aromatic nitrogens is 2. The lowest BCUT2D eigenvalue weighted by Crippen LogP contribution is -2.17. The normalized spacial score (nSPS) is 11.0. The first-order valence-corrected chi connectivity index (χ1v) is 7.45. The maximum atomic E-state index is 5.94. The van der Waals surface area contributed by atoms with Crippen molar-refractivity contribution in [3.8, 4) is 0 Å². The van der Waals surface area contributed by atoms with Crippen LogP contribution in [-0.2, 0) is 6.54 Å². The van der Waals surface area contributed by atoms with Crippen LogP contribution in [0.15, 0.2) is 29.9 Å². The molecule has 0 radical (unpaired) electrons. The standard InChI is InChI=1S/C12H10ClN3S2/c1-16(6-8-2-3-10(13)18-8)11-9-4-5-17-12(9)15-7-14-11/h2-5,7H,6H2,1H3. The van der Waals surface area contributed by atoms with Gasteiger partial charge in [0.05, 0.1) is 16.3 Å². The molecule has 0 aliphatic rings. The Morgan fingerprint density at radius 1 is 1.28 bits per heavy atom. The number of hydrogen-bond acceptors (Lipinski definition) is 5. The molecule has 0 saturated carbocycles. The molecule has 3 aromatic rings. The molecule has 3 nitrogen and oxygen atoms in total. The number of rotatable bonds is 3. The van der Waals surface area contributed by atoms with Crippen LogP contribution in [0.3, 0.4) is 0 Å². The second kappa shape index (κ2) is 4.84. The summed E-state index contributed by atoms with van der Waals surface area (Å²) in [4.78, 5) is 13.0. The summed E-state index contributed by atoms with van der Waals surface area (Å²) < 4.78 is 0.821. The summed E-state index contributed by atoms with van der Waals surface area (Å²) in [6, 6.07) is 6.04. The van der Waals surface area contributed by atoms with Crippen molar-refractivity contribution >= 4 is 50.3 Å². The number of thiophene rings is 2. The summed E-state index contributed by atoms with van der Waals surface area (Å²) in [5, 5.41) is 3.14. The van der Waals surface area contributed by atoms with E-state index < -0.39 is 0 Å².